The van der Waals surface area contributed by atoms with E-state index in [0.29, 0.717) is 6.54 Å². The van der Waals surface area contributed by atoms with Crippen molar-refractivity contribution in [1.29, 1.82) is 0 Å². The quantitative estimate of drug-likeness (QED) is 0.876. The molecule has 1 atom stereocenters. The van der Waals surface area contributed by atoms with Crippen LogP contribution in [-0.4, -0.2) is 35.6 Å². The minimum absolute atomic E-state index is 0.188. The van der Waals surface area contributed by atoms with Gasteiger partial charge in [-0.15, -0.1) is 0 Å². The molecule has 2 amide bonds. The van der Waals surface area contributed by atoms with Crippen LogP contribution in [0.15, 0.2) is 12.1 Å². The van der Waals surface area contributed by atoms with Crippen LogP contribution in [0.2, 0.25) is 0 Å². The number of carbonyl (C=O) groups excluding carboxylic acids is 1. The smallest absolute Gasteiger partial charge is 0.317 e. The molecule has 5 heteroatoms. The van der Waals surface area contributed by atoms with Crippen LogP contribution in [0.25, 0.3) is 0 Å². The summed E-state index contributed by atoms with van der Waals surface area (Å²) in [7, 11) is 1.60. The molecular weight excluding hydrogens is 268 g/mol. The van der Waals surface area contributed by atoms with E-state index in [4.69, 9.17) is 5.11 Å². The van der Waals surface area contributed by atoms with E-state index in [1.165, 1.54) is 10.5 Å². The number of nitrogens with one attached hydrogen (secondary N) is 1. The fourth-order valence-corrected chi connectivity index (χ4v) is 2.36. The van der Waals surface area contributed by atoms with Crippen LogP contribution in [0.4, 0.5) is 4.79 Å². The Balaban J connectivity index is 2.63. The molecule has 1 unspecified atom stereocenters. The highest BCUT2D eigenvalue weighted by Crippen LogP contribution is 2.16. The number of nitrogens with zero attached hydrogens (tertiary/aromatic N) is 1. The molecule has 0 fully saturated rings. The van der Waals surface area contributed by atoms with Crippen LogP contribution in [0.5, 0.6) is 0 Å². The summed E-state index contributed by atoms with van der Waals surface area (Å²) in [6.45, 7) is 8.31. The Morgan fingerprint density at radius 2 is 1.76 bits per heavy atom. The molecule has 0 radical (unpaired) electrons. The van der Waals surface area contributed by atoms with Gasteiger partial charge in [-0.2, -0.15) is 0 Å². The third-order valence-electron chi connectivity index (χ3n) is 3.57. The Hall–Kier alpha value is -2.04. The number of amides is 2. The Kier molecular flexibility index (Phi) is 5.76. The lowest BCUT2D eigenvalue weighted by Gasteiger charge is -2.21. The van der Waals surface area contributed by atoms with E-state index in [2.05, 4.69) is 17.4 Å². The molecule has 2 N–H and O–H groups in total. The van der Waals surface area contributed by atoms with Crippen LogP contribution in [-0.2, 0) is 11.3 Å². The highest BCUT2D eigenvalue weighted by atomic mass is 16.4. The second-order valence-electron chi connectivity index (χ2n) is 5.66. The van der Waals surface area contributed by atoms with E-state index in [0.717, 1.165) is 16.7 Å². The second-order valence-corrected chi connectivity index (χ2v) is 5.66. The van der Waals surface area contributed by atoms with E-state index in [1.54, 1.807) is 14.0 Å². The predicted octanol–water partition coefficient (Wildman–Crippen LogP) is 2.47. The molecule has 0 aliphatic rings. The summed E-state index contributed by atoms with van der Waals surface area (Å²) in [4.78, 5) is 24.2. The zero-order chi connectivity index (χ0) is 16.2. The highest BCUT2D eigenvalue weighted by Gasteiger charge is 2.17. The number of rotatable bonds is 5. The summed E-state index contributed by atoms with van der Waals surface area (Å²) in [6, 6.07) is 3.91. The maximum Gasteiger partial charge on any atom is 0.317 e. The molecular formula is C16H24N2O3. The van der Waals surface area contributed by atoms with Crippen molar-refractivity contribution in [3.63, 3.8) is 0 Å². The number of carboxylic acid groups (broad SMARTS) is 1. The van der Waals surface area contributed by atoms with Gasteiger partial charge in [-0.3, -0.25) is 4.79 Å². The highest BCUT2D eigenvalue weighted by molar-refractivity contribution is 5.75. The zero-order valence-electron chi connectivity index (χ0n) is 13.4. The number of aliphatic carboxylic acids is 1. The summed E-state index contributed by atoms with van der Waals surface area (Å²) in [6.07, 6.45) is 0. The molecule has 116 valence electrons. The topological polar surface area (TPSA) is 69.6 Å². The van der Waals surface area contributed by atoms with Gasteiger partial charge < -0.3 is 15.3 Å². The zero-order valence-corrected chi connectivity index (χ0v) is 13.4. The normalized spacial score (nSPS) is 11.9. The molecule has 1 aromatic rings. The molecule has 0 aliphatic heterocycles. The summed E-state index contributed by atoms with van der Waals surface area (Å²) in [5.41, 5.74) is 4.60. The van der Waals surface area contributed by atoms with Crippen molar-refractivity contribution in [1.82, 2.24) is 10.2 Å². The fraction of sp³-hybridized carbons (Fsp3) is 0.500. The van der Waals surface area contributed by atoms with Gasteiger partial charge in [0, 0.05) is 20.1 Å². The van der Waals surface area contributed by atoms with E-state index >= 15 is 0 Å². The Bertz CT molecular complexity index is 517. The molecule has 0 heterocycles. The van der Waals surface area contributed by atoms with Crippen molar-refractivity contribution in [2.45, 2.75) is 34.2 Å². The van der Waals surface area contributed by atoms with Gasteiger partial charge in [0.25, 0.3) is 0 Å². The number of urea groups is 1. The van der Waals surface area contributed by atoms with Crippen molar-refractivity contribution in [2.75, 3.05) is 13.6 Å². The average molecular weight is 292 g/mol. The minimum Gasteiger partial charge on any atom is -0.481 e. The molecule has 0 aromatic heterocycles. The van der Waals surface area contributed by atoms with Gasteiger partial charge in [-0.1, -0.05) is 24.6 Å². The Morgan fingerprint density at radius 3 is 2.24 bits per heavy atom. The number of hydrogen-bond acceptors (Lipinski definition) is 2. The first-order chi connectivity index (χ1) is 9.72. The van der Waals surface area contributed by atoms with Gasteiger partial charge >= 0.3 is 12.0 Å². The van der Waals surface area contributed by atoms with Crippen molar-refractivity contribution < 1.29 is 14.7 Å². The maximum atomic E-state index is 12.0. The first kappa shape index (κ1) is 17.0. The summed E-state index contributed by atoms with van der Waals surface area (Å²) in [5.74, 6) is -1.48. The first-order valence-corrected chi connectivity index (χ1v) is 7.00. The Labute approximate surface area is 126 Å². The minimum atomic E-state index is -0.903. The molecule has 5 nitrogen and oxygen atoms in total. The van der Waals surface area contributed by atoms with Crippen LogP contribution >= 0.6 is 0 Å². The van der Waals surface area contributed by atoms with E-state index in [9.17, 15) is 9.59 Å². The van der Waals surface area contributed by atoms with Gasteiger partial charge in [-0.05, 0) is 37.5 Å². The van der Waals surface area contributed by atoms with Crippen molar-refractivity contribution in [3.8, 4) is 0 Å². The SMILES string of the molecule is Cc1cc(C)c(CNC(=O)N(C)CC(C)C(=O)O)c(C)c1. The summed E-state index contributed by atoms with van der Waals surface area (Å²) >= 11 is 0. The average Bonchev–Trinajstić information content (AvgIpc) is 2.36. The van der Waals surface area contributed by atoms with Crippen LogP contribution in [0.3, 0.4) is 0 Å². The first-order valence-electron chi connectivity index (χ1n) is 7.00. The number of benzene rings is 1. The predicted molar refractivity (Wildman–Crippen MR) is 82.3 cm³/mol. The largest absolute Gasteiger partial charge is 0.481 e. The Morgan fingerprint density at radius 1 is 1.24 bits per heavy atom. The summed E-state index contributed by atoms with van der Waals surface area (Å²) < 4.78 is 0. The molecule has 1 rings (SSSR count). The molecule has 21 heavy (non-hydrogen) atoms. The van der Waals surface area contributed by atoms with Gasteiger partial charge in [-0.25, -0.2) is 4.79 Å². The second kappa shape index (κ2) is 7.11. The monoisotopic (exact) mass is 292 g/mol. The summed E-state index contributed by atoms with van der Waals surface area (Å²) in [5, 5.41) is 11.7. The molecule has 0 aliphatic carbocycles. The molecule has 0 saturated carbocycles. The van der Waals surface area contributed by atoms with E-state index in [-0.39, 0.29) is 12.6 Å². The number of carbonyl (C=O) groups is 2. The lowest BCUT2D eigenvalue weighted by Crippen LogP contribution is -2.40. The van der Waals surface area contributed by atoms with E-state index < -0.39 is 11.9 Å². The standard InChI is InChI=1S/C16H24N2O3/c1-10-6-11(2)14(12(3)7-10)8-17-16(21)18(5)9-13(4)15(19)20/h6-7,13H,8-9H2,1-5H3,(H,17,21)(H,19,20). The maximum absolute atomic E-state index is 12.0. The van der Waals surface area contributed by atoms with Gasteiger partial charge in [0.1, 0.15) is 0 Å². The molecule has 1 aromatic carbocycles. The van der Waals surface area contributed by atoms with Crippen LogP contribution in [0, 0.1) is 26.7 Å². The van der Waals surface area contributed by atoms with Gasteiger partial charge in [0.05, 0.1) is 5.92 Å². The molecule has 0 spiro atoms. The third kappa shape index (κ3) is 4.77. The van der Waals surface area contributed by atoms with Gasteiger partial charge in [0.15, 0.2) is 0 Å². The fourth-order valence-electron chi connectivity index (χ4n) is 2.36. The number of aryl methyl sites for hydroxylation is 3. The van der Waals surface area contributed by atoms with Crippen molar-refractivity contribution in [3.05, 3.63) is 34.4 Å². The molecule has 0 saturated heterocycles. The van der Waals surface area contributed by atoms with Crippen LogP contribution in [0.1, 0.15) is 29.2 Å². The van der Waals surface area contributed by atoms with Gasteiger partial charge in [0.2, 0.25) is 0 Å². The lowest BCUT2D eigenvalue weighted by atomic mass is 10.00. The van der Waals surface area contributed by atoms with Crippen molar-refractivity contribution in [2.24, 2.45) is 5.92 Å². The lowest BCUT2D eigenvalue weighted by molar-refractivity contribution is -0.141. The van der Waals surface area contributed by atoms with E-state index in [1.807, 2.05) is 20.8 Å². The van der Waals surface area contributed by atoms with Crippen molar-refractivity contribution >= 4 is 12.0 Å². The number of hydrogen-bond donors (Lipinski definition) is 2. The number of carboxylic acids is 1. The van der Waals surface area contributed by atoms with Crippen LogP contribution < -0.4 is 5.32 Å². The third-order valence-corrected chi connectivity index (χ3v) is 3.57. The molecule has 0 bridgehead atoms.